The summed E-state index contributed by atoms with van der Waals surface area (Å²) in [4.78, 5) is 25.8. The molecule has 0 radical (unpaired) electrons. The van der Waals surface area contributed by atoms with Crippen molar-refractivity contribution < 1.29 is 19.4 Å². The fraction of sp³-hybridized carbons (Fsp3) is 0.250. The molecule has 7 nitrogen and oxygen atoms in total. The molecule has 0 atom stereocenters. The highest BCUT2D eigenvalue weighted by atomic mass is 35.5. The molecule has 0 aliphatic heterocycles. The Hall–Kier alpha value is -3.68. The summed E-state index contributed by atoms with van der Waals surface area (Å²) in [6.45, 7) is 7.38. The normalized spacial score (nSPS) is 11.5. The number of aryl methyl sites for hydroxylation is 1. The van der Waals surface area contributed by atoms with Crippen molar-refractivity contribution in [3.63, 3.8) is 0 Å². The molecular weight excluding hydrogens is 478 g/mol. The second-order valence-corrected chi connectivity index (χ2v) is 9.97. The van der Waals surface area contributed by atoms with E-state index >= 15 is 0 Å². The van der Waals surface area contributed by atoms with Crippen LogP contribution in [0.4, 0.5) is 4.79 Å². The summed E-state index contributed by atoms with van der Waals surface area (Å²) >= 11 is 6.40. The molecule has 0 bridgehead atoms. The Labute approximate surface area is 214 Å². The van der Waals surface area contributed by atoms with E-state index in [0.29, 0.717) is 21.8 Å². The Balaban J connectivity index is 1.79. The lowest BCUT2D eigenvalue weighted by Gasteiger charge is -2.19. The fourth-order valence-electron chi connectivity index (χ4n) is 3.90. The van der Waals surface area contributed by atoms with Gasteiger partial charge in [0.05, 0.1) is 22.7 Å². The van der Waals surface area contributed by atoms with E-state index in [1.165, 1.54) is 4.68 Å². The summed E-state index contributed by atoms with van der Waals surface area (Å²) in [6, 6.07) is 18.3. The molecule has 1 heterocycles. The van der Waals surface area contributed by atoms with Crippen LogP contribution in [0.2, 0.25) is 5.02 Å². The van der Waals surface area contributed by atoms with Gasteiger partial charge in [-0.2, -0.15) is 9.78 Å². The van der Waals surface area contributed by atoms with E-state index < -0.39 is 11.7 Å². The van der Waals surface area contributed by atoms with E-state index in [1.807, 2.05) is 55.5 Å². The molecule has 0 saturated heterocycles. The Morgan fingerprint density at radius 1 is 1.06 bits per heavy atom. The number of benzene rings is 3. The lowest BCUT2D eigenvalue weighted by Crippen LogP contribution is -2.32. The van der Waals surface area contributed by atoms with Crippen LogP contribution < -0.4 is 5.32 Å². The molecule has 8 heteroatoms. The van der Waals surface area contributed by atoms with Gasteiger partial charge in [-0.1, -0.05) is 60.1 Å². The van der Waals surface area contributed by atoms with Crippen molar-refractivity contribution in [2.75, 3.05) is 0 Å². The van der Waals surface area contributed by atoms with E-state index in [4.69, 9.17) is 21.4 Å². The van der Waals surface area contributed by atoms with Gasteiger partial charge in [0, 0.05) is 17.5 Å². The third-order valence-corrected chi connectivity index (χ3v) is 5.93. The summed E-state index contributed by atoms with van der Waals surface area (Å²) in [7, 11) is 0. The lowest BCUT2D eigenvalue weighted by atomic mass is 10.0. The van der Waals surface area contributed by atoms with E-state index in [2.05, 4.69) is 5.32 Å². The first-order chi connectivity index (χ1) is 17.1. The van der Waals surface area contributed by atoms with Crippen LogP contribution in [-0.2, 0) is 17.9 Å². The highest BCUT2D eigenvalue weighted by Gasteiger charge is 2.22. The van der Waals surface area contributed by atoms with Gasteiger partial charge < -0.3 is 15.2 Å². The van der Waals surface area contributed by atoms with Crippen molar-refractivity contribution in [2.24, 2.45) is 0 Å². The Kier molecular flexibility index (Phi) is 7.15. The molecule has 0 aliphatic rings. The number of alkyl carbamates (subject to hydrolysis) is 1. The predicted octanol–water partition coefficient (Wildman–Crippen LogP) is 5.87. The number of hydrogen-bond acceptors (Lipinski definition) is 5. The molecule has 1 aromatic heterocycles. The van der Waals surface area contributed by atoms with Crippen LogP contribution in [0, 0.1) is 6.92 Å². The number of rotatable bonds is 5. The molecule has 0 fully saturated rings. The number of carbonyl (C=O) groups is 2. The van der Waals surface area contributed by atoms with Crippen molar-refractivity contribution in [1.29, 1.82) is 0 Å². The van der Waals surface area contributed by atoms with Gasteiger partial charge in [-0.05, 0) is 56.5 Å². The fourth-order valence-corrected chi connectivity index (χ4v) is 4.21. The van der Waals surface area contributed by atoms with Crippen LogP contribution in [0.15, 0.2) is 60.7 Å². The van der Waals surface area contributed by atoms with Crippen molar-refractivity contribution in [1.82, 2.24) is 15.1 Å². The molecule has 4 rings (SSSR count). The molecule has 3 aromatic carbocycles. The predicted molar refractivity (Wildman–Crippen MR) is 140 cm³/mol. The van der Waals surface area contributed by atoms with Crippen molar-refractivity contribution >= 4 is 34.5 Å². The maximum atomic E-state index is 13.7. The number of nitrogens with zero attached hydrogens (tertiary/aromatic N) is 2. The number of aliphatic hydroxyl groups is 1. The van der Waals surface area contributed by atoms with Crippen LogP contribution in [-0.4, -0.2) is 32.5 Å². The Bertz CT molecular complexity index is 1420. The number of fused-ring (bicyclic) bond motifs is 1. The van der Waals surface area contributed by atoms with Gasteiger partial charge >= 0.3 is 6.09 Å². The topological polar surface area (TPSA) is 93.5 Å². The average molecular weight is 506 g/mol. The summed E-state index contributed by atoms with van der Waals surface area (Å²) in [5, 5.41) is 18.0. The summed E-state index contributed by atoms with van der Waals surface area (Å²) in [5.74, 6) is -0.349. The van der Waals surface area contributed by atoms with Crippen molar-refractivity contribution in [3.05, 3.63) is 87.9 Å². The quantitative estimate of drug-likeness (QED) is 0.354. The van der Waals surface area contributed by atoms with Gasteiger partial charge in [-0.25, -0.2) is 4.79 Å². The van der Waals surface area contributed by atoms with Crippen LogP contribution in [0.3, 0.4) is 0 Å². The molecule has 0 aliphatic carbocycles. The zero-order valence-electron chi connectivity index (χ0n) is 20.6. The Morgan fingerprint density at radius 2 is 1.75 bits per heavy atom. The van der Waals surface area contributed by atoms with Crippen LogP contribution in [0.5, 0.6) is 0 Å². The molecule has 0 saturated carbocycles. The number of nitrogens with one attached hydrogen (secondary N) is 1. The average Bonchev–Trinajstić information content (AvgIpc) is 3.20. The lowest BCUT2D eigenvalue weighted by molar-refractivity contribution is 0.0523. The molecular formula is C28H28ClN3O4. The number of carbonyl (C=O) groups excluding carboxylic acids is 2. The van der Waals surface area contributed by atoms with Gasteiger partial charge in [0.1, 0.15) is 11.3 Å². The van der Waals surface area contributed by atoms with Gasteiger partial charge in [0.15, 0.2) is 0 Å². The first-order valence-corrected chi connectivity index (χ1v) is 11.9. The van der Waals surface area contributed by atoms with E-state index in [9.17, 15) is 14.7 Å². The largest absolute Gasteiger partial charge is 0.444 e. The molecule has 0 unspecified atom stereocenters. The molecule has 36 heavy (non-hydrogen) atoms. The molecule has 4 aromatic rings. The van der Waals surface area contributed by atoms with Gasteiger partial charge in [-0.3, -0.25) is 4.79 Å². The number of ether oxygens (including phenoxy) is 1. The highest BCUT2D eigenvalue weighted by molar-refractivity contribution is 6.34. The van der Waals surface area contributed by atoms with Gasteiger partial charge in [0.25, 0.3) is 5.91 Å². The van der Waals surface area contributed by atoms with E-state index in [-0.39, 0.29) is 19.1 Å². The molecule has 1 amide bonds. The van der Waals surface area contributed by atoms with Crippen molar-refractivity contribution in [3.8, 4) is 11.3 Å². The number of aliphatic hydroxyl groups excluding tert-OH is 1. The maximum absolute atomic E-state index is 13.7. The SMILES string of the molecule is Cc1cccc(Cl)c1C(=O)n1nc(-c2ccc(CO)cc2)c2ccc(CNC(=O)OC(C)(C)C)cc21. The number of aromatic nitrogens is 2. The third kappa shape index (κ3) is 5.42. The smallest absolute Gasteiger partial charge is 0.407 e. The minimum Gasteiger partial charge on any atom is -0.444 e. The standard InChI is InChI=1S/C28H28ClN3O4/c1-17-6-5-7-22(29)24(17)26(34)32-23-14-19(15-30-27(35)36-28(2,3)4)10-13-21(23)25(31-32)20-11-8-18(16-33)9-12-20/h5-14,33H,15-16H2,1-4H3,(H,30,35). The molecule has 2 N–H and O–H groups in total. The summed E-state index contributed by atoms with van der Waals surface area (Å²) < 4.78 is 6.68. The van der Waals surface area contributed by atoms with E-state index in [1.54, 1.807) is 32.9 Å². The molecule has 0 spiro atoms. The number of hydrogen-bond donors (Lipinski definition) is 2. The maximum Gasteiger partial charge on any atom is 0.407 e. The second kappa shape index (κ2) is 10.1. The summed E-state index contributed by atoms with van der Waals surface area (Å²) in [6.07, 6.45) is -0.525. The minimum absolute atomic E-state index is 0.0618. The number of halogens is 1. The minimum atomic E-state index is -0.605. The van der Waals surface area contributed by atoms with Crippen LogP contribution in [0.25, 0.3) is 22.2 Å². The zero-order chi connectivity index (χ0) is 26.0. The first-order valence-electron chi connectivity index (χ1n) is 11.6. The third-order valence-electron chi connectivity index (χ3n) is 5.62. The van der Waals surface area contributed by atoms with Crippen molar-refractivity contribution in [2.45, 2.75) is 46.4 Å². The van der Waals surface area contributed by atoms with Crippen LogP contribution in [0.1, 0.15) is 47.8 Å². The highest BCUT2D eigenvalue weighted by Crippen LogP contribution is 2.31. The van der Waals surface area contributed by atoms with E-state index in [0.717, 1.165) is 27.6 Å². The summed E-state index contributed by atoms with van der Waals surface area (Å²) in [5.41, 5.74) is 4.09. The van der Waals surface area contributed by atoms with Gasteiger partial charge in [0.2, 0.25) is 0 Å². The first kappa shape index (κ1) is 25.4. The monoisotopic (exact) mass is 505 g/mol. The van der Waals surface area contributed by atoms with Gasteiger partial charge in [-0.15, -0.1) is 0 Å². The number of amides is 1. The second-order valence-electron chi connectivity index (χ2n) is 9.56. The Morgan fingerprint density at radius 3 is 2.39 bits per heavy atom. The zero-order valence-corrected chi connectivity index (χ0v) is 21.4. The molecule has 186 valence electrons. The van der Waals surface area contributed by atoms with Crippen LogP contribution >= 0.6 is 11.6 Å².